The molecule has 0 heterocycles. The van der Waals surface area contributed by atoms with Crippen LogP contribution in [0.2, 0.25) is 20.2 Å². The molecule has 484 valence electrons. The minimum Gasteiger partial charge on any atom is -0.328 e. The Balaban J connectivity index is 1.49. The largest absolute Gasteiger partial charge is 0.328 e. The zero-order valence-electron chi connectivity index (χ0n) is 57.5. The average molecular weight is 1410 g/mol. The summed E-state index contributed by atoms with van der Waals surface area (Å²) in [5.41, 5.74) is -0.459. The zero-order valence-corrected chi connectivity index (χ0v) is 67.3. The summed E-state index contributed by atoms with van der Waals surface area (Å²) in [5, 5.41) is 9.75. The molecule has 0 aliphatic rings. The van der Waals surface area contributed by atoms with Gasteiger partial charge in [0.1, 0.15) is 0 Å². The summed E-state index contributed by atoms with van der Waals surface area (Å²) in [6.45, 7) is 32.3. The third-order valence-corrected chi connectivity index (χ3v) is 64.6. The quantitative estimate of drug-likeness (QED) is 0.0394. The molecule has 0 amide bonds. The second-order valence-corrected chi connectivity index (χ2v) is 64.9. The van der Waals surface area contributed by atoms with E-state index in [0.29, 0.717) is 0 Å². The molecule has 0 bridgehead atoms. The highest BCUT2D eigenvalue weighted by Crippen LogP contribution is 2.56. The number of hydrogen-bond acceptors (Lipinski definition) is 3. The second kappa shape index (κ2) is 29.9. The van der Waals surface area contributed by atoms with Gasteiger partial charge in [0, 0.05) is 21.1 Å². The summed E-state index contributed by atoms with van der Waals surface area (Å²) in [7, 11) is -13.5. The number of hydrogen-bond donors (Lipinski definition) is 0. The molecule has 8 rings (SSSR count). The van der Waals surface area contributed by atoms with Gasteiger partial charge in [-0.25, -0.2) is 0 Å². The molecule has 0 fully saturated rings. The maximum Gasteiger partial charge on any atom is 0.278 e. The van der Waals surface area contributed by atoms with E-state index in [9.17, 15) is 44.3 Å². The van der Waals surface area contributed by atoms with E-state index in [0.717, 1.165) is 38.5 Å². The predicted octanol–water partition coefficient (Wildman–Crippen LogP) is 18.5. The lowest BCUT2D eigenvalue weighted by atomic mass is 10.2. The van der Waals surface area contributed by atoms with E-state index in [1.807, 2.05) is 11.8 Å². The van der Waals surface area contributed by atoms with Gasteiger partial charge in [0.25, 0.3) is 13.4 Å². The highest BCUT2D eigenvalue weighted by atomic mass is 35.7. The molecular formula is C78H104Cl4N2SSi6. The van der Waals surface area contributed by atoms with Crippen LogP contribution in [0.15, 0.2) is 243 Å². The molecule has 0 radical (unpaired) electrons. The number of nitrogens with zero attached hydrogens (tertiary/aromatic N) is 2. The van der Waals surface area contributed by atoms with Gasteiger partial charge < -0.3 is 8.46 Å². The molecule has 0 saturated heterocycles. The van der Waals surface area contributed by atoms with Crippen molar-refractivity contribution in [1.29, 1.82) is 0 Å². The molecule has 8 aromatic carbocycles. The Labute approximate surface area is 580 Å². The highest BCUT2D eigenvalue weighted by Gasteiger charge is 2.71. The van der Waals surface area contributed by atoms with Gasteiger partial charge in [0.15, 0.2) is 32.9 Å². The van der Waals surface area contributed by atoms with Crippen LogP contribution < -0.4 is 41.5 Å². The first kappa shape index (κ1) is 73.3. The number of rotatable bonds is 26. The van der Waals surface area contributed by atoms with Crippen molar-refractivity contribution in [3.05, 3.63) is 243 Å². The Morgan fingerprint density at radius 2 is 0.440 bits per heavy atom. The summed E-state index contributed by atoms with van der Waals surface area (Å²) in [6.07, 6.45) is 4.97. The van der Waals surface area contributed by atoms with E-state index in [1.165, 1.54) is 41.5 Å². The van der Waals surface area contributed by atoms with Crippen LogP contribution >= 0.6 is 56.1 Å². The fourth-order valence-corrected chi connectivity index (χ4v) is 70.4. The van der Waals surface area contributed by atoms with Gasteiger partial charge >= 0.3 is 0 Å². The number of benzene rings is 8. The summed E-state index contributed by atoms with van der Waals surface area (Å²) in [6, 6.07) is 93.0. The third-order valence-electron chi connectivity index (χ3n) is 19.9. The Hall–Kier alpha value is -3.51. The van der Waals surface area contributed by atoms with Crippen LogP contribution in [0, 0.1) is 0 Å². The van der Waals surface area contributed by atoms with Crippen LogP contribution in [0.25, 0.3) is 0 Å². The Morgan fingerprint density at radius 1 is 0.286 bits per heavy atom. The molecule has 0 aliphatic heterocycles. The molecule has 0 spiro atoms. The zero-order chi connectivity index (χ0) is 66.3. The van der Waals surface area contributed by atoms with E-state index in [4.69, 9.17) is 0 Å². The topological polar surface area (TPSA) is 6.48 Å². The van der Waals surface area contributed by atoms with Gasteiger partial charge in [-0.15, -0.1) is 44.3 Å². The van der Waals surface area contributed by atoms with E-state index >= 15 is 0 Å². The van der Waals surface area contributed by atoms with E-state index in [1.54, 1.807) is 0 Å². The summed E-state index contributed by atoms with van der Waals surface area (Å²) >= 11 is 39.0. The third kappa shape index (κ3) is 13.4. The van der Waals surface area contributed by atoms with E-state index in [-0.39, 0.29) is 41.2 Å². The van der Waals surface area contributed by atoms with Crippen molar-refractivity contribution in [2.45, 2.75) is 191 Å². The van der Waals surface area contributed by atoms with Gasteiger partial charge in [-0.3, -0.25) is 0 Å². The van der Waals surface area contributed by atoms with Gasteiger partial charge in [-0.2, -0.15) is 11.8 Å². The van der Waals surface area contributed by atoms with Crippen LogP contribution in [-0.4, -0.2) is 75.9 Å². The van der Waals surface area contributed by atoms with Crippen LogP contribution in [0.3, 0.4) is 0 Å². The van der Waals surface area contributed by atoms with Crippen molar-refractivity contribution in [1.82, 2.24) is 8.46 Å². The lowest BCUT2D eigenvalue weighted by Crippen LogP contribution is -2.91. The number of halogens is 4. The fraction of sp³-hybridized carbons (Fsp3) is 0.385. The SMILES string of the molecule is CCCC(N([Si](c1ccccc1)(c1ccccc1)C(C)(C)C)[Si](c1ccccc1)(c1ccccc1)C(C)(C)C)[Si](Cl)(Cl)C(CC)SC(CC)[Si](Cl)(Cl)C(CCC)N([Si](c1ccccc1)(c1ccccc1)C(C)(C)C)[Si](c1ccccc1)(c1ccccc1)C(C)(C)C. The second-order valence-electron chi connectivity index (χ2n) is 29.4. The highest BCUT2D eigenvalue weighted by molar-refractivity contribution is 8.06. The average Bonchev–Trinajstić information content (AvgIpc) is 0.687. The summed E-state index contributed by atoms with van der Waals surface area (Å²) < 4.78 is 6.46. The molecule has 8 aromatic rings. The van der Waals surface area contributed by atoms with Crippen LogP contribution in [0.5, 0.6) is 0 Å². The first-order chi connectivity index (χ1) is 43.1. The first-order valence-corrected chi connectivity index (χ1v) is 50.6. The van der Waals surface area contributed by atoms with E-state index < -0.39 is 46.3 Å². The van der Waals surface area contributed by atoms with Gasteiger partial charge in [-0.1, -0.05) is 366 Å². The lowest BCUT2D eigenvalue weighted by Gasteiger charge is -2.66. The lowest BCUT2D eigenvalue weighted by molar-refractivity contribution is 0.468. The van der Waals surface area contributed by atoms with Crippen molar-refractivity contribution in [3.63, 3.8) is 0 Å². The van der Waals surface area contributed by atoms with Gasteiger partial charge in [-0.05, 0) is 87.3 Å². The smallest absolute Gasteiger partial charge is 0.278 e. The van der Waals surface area contributed by atoms with Crippen LogP contribution in [-0.2, 0) is 0 Å². The molecule has 0 N–H and O–H groups in total. The fourth-order valence-electron chi connectivity index (χ4n) is 16.6. The Bertz CT molecular complexity index is 2900. The van der Waals surface area contributed by atoms with Crippen LogP contribution in [0.4, 0.5) is 0 Å². The predicted molar refractivity (Wildman–Crippen MR) is 422 cm³/mol. The van der Waals surface area contributed by atoms with Crippen molar-refractivity contribution in [2.24, 2.45) is 0 Å². The molecule has 4 unspecified atom stereocenters. The Kier molecular flexibility index (Phi) is 24.1. The summed E-state index contributed by atoms with van der Waals surface area (Å²) in [4.78, 5) is -0.339. The minimum absolute atomic E-state index is 0.169. The first-order valence-electron chi connectivity index (χ1n) is 33.5. The maximum atomic E-state index is 9.26. The van der Waals surface area contributed by atoms with Crippen molar-refractivity contribution < 1.29 is 0 Å². The minimum atomic E-state index is -3.73. The molecule has 91 heavy (non-hydrogen) atoms. The van der Waals surface area contributed by atoms with Crippen molar-refractivity contribution in [3.8, 4) is 0 Å². The molecule has 2 nitrogen and oxygen atoms in total. The van der Waals surface area contributed by atoms with Crippen molar-refractivity contribution in [2.75, 3.05) is 0 Å². The van der Waals surface area contributed by atoms with Crippen molar-refractivity contribution >= 4 is 144 Å². The number of thioether (sulfide) groups is 1. The molecule has 4 atom stereocenters. The van der Waals surface area contributed by atoms with Gasteiger partial charge in [0.05, 0.1) is 0 Å². The monoisotopic (exact) mass is 1410 g/mol. The molecular weight excluding hydrogens is 1310 g/mol. The Morgan fingerprint density at radius 3 is 0.560 bits per heavy atom. The molecule has 0 saturated carbocycles. The van der Waals surface area contributed by atoms with Crippen LogP contribution in [0.1, 0.15) is 149 Å². The molecule has 0 aromatic heterocycles. The normalized spacial score (nSPS) is 14.9. The summed E-state index contributed by atoms with van der Waals surface area (Å²) in [5.74, 6) is 0. The molecule has 0 aliphatic carbocycles. The maximum absolute atomic E-state index is 9.26. The van der Waals surface area contributed by atoms with E-state index in [2.05, 4.69) is 362 Å². The standard InChI is InChI=1S/C78H104Cl4N2SSi6/c1-17-45-71(83(86(75(5,6)7,63-47-29-21-30-48-63)64-49-31-22-32-50-64)87(76(8,9)10,65-51-33-23-34-52-65)66-53-35-24-36-54-66)90(79,80)73(19-3)85-74(20-4)91(81,82)72(46-18-2)84(88(77(11,12)13,67-55-37-25-38-56-67)68-57-39-26-40-58-68)89(78(14,15)16,69-59-41-27-42-60-69)70-61-43-28-44-62-70/h21-44,47-62,71-74H,17-20,45-46H2,1-16H3. The molecule has 13 heteroatoms. The van der Waals surface area contributed by atoms with Gasteiger partial charge in [0.2, 0.25) is 0 Å².